The van der Waals surface area contributed by atoms with E-state index in [0.29, 0.717) is 17.3 Å². The summed E-state index contributed by atoms with van der Waals surface area (Å²) in [6.07, 6.45) is 0.645. The topological polar surface area (TPSA) is 92.5 Å². The summed E-state index contributed by atoms with van der Waals surface area (Å²) in [6.45, 7) is 0.445. The van der Waals surface area contributed by atoms with Crippen LogP contribution in [0.25, 0.3) is 0 Å². The number of hydrogen-bond donors (Lipinski definition) is 2. The monoisotopic (exact) mass is 326 g/mol. The minimum absolute atomic E-state index is 0.00210. The third-order valence-corrected chi connectivity index (χ3v) is 4.05. The maximum atomic E-state index is 10.9. The number of nitrogens with one attached hydrogen (secondary N) is 1. The quantitative estimate of drug-likeness (QED) is 0.624. The molecule has 21 heavy (non-hydrogen) atoms. The van der Waals surface area contributed by atoms with Crippen LogP contribution in [0.4, 0.5) is 11.4 Å². The number of nitro benzene ring substituents is 1. The van der Waals surface area contributed by atoms with Gasteiger partial charge < -0.3 is 10.4 Å². The standard InChI is InChI=1S/C13H11ClN2O4S/c14-12-4-2-9(21-12)5-6-15-10-7-8(13(17)18)1-3-11(10)16(19)20/h1-4,7,15H,5-6H2,(H,17,18). The second kappa shape index (κ2) is 6.55. The van der Waals surface area contributed by atoms with Crippen molar-refractivity contribution in [2.24, 2.45) is 0 Å². The minimum atomic E-state index is -1.13. The number of benzene rings is 1. The fraction of sp³-hybridized carbons (Fsp3) is 0.154. The van der Waals surface area contributed by atoms with Crippen LogP contribution >= 0.6 is 22.9 Å². The fourth-order valence-corrected chi connectivity index (χ4v) is 2.86. The van der Waals surface area contributed by atoms with Gasteiger partial charge in [-0.3, -0.25) is 10.1 Å². The molecule has 0 spiro atoms. The van der Waals surface area contributed by atoms with E-state index in [2.05, 4.69) is 5.32 Å². The molecule has 6 nitrogen and oxygen atoms in total. The first-order chi connectivity index (χ1) is 9.97. The van der Waals surface area contributed by atoms with Crippen LogP contribution in [0.3, 0.4) is 0 Å². The summed E-state index contributed by atoms with van der Waals surface area (Å²) in [5.74, 6) is -1.13. The third-order valence-electron chi connectivity index (χ3n) is 2.76. The summed E-state index contributed by atoms with van der Waals surface area (Å²) in [5.41, 5.74) is 0.0500. The highest BCUT2D eigenvalue weighted by Crippen LogP contribution is 2.26. The SMILES string of the molecule is O=C(O)c1ccc([N+](=O)[O-])c(NCCc2ccc(Cl)s2)c1. The van der Waals surface area contributed by atoms with E-state index in [4.69, 9.17) is 16.7 Å². The molecule has 0 radical (unpaired) electrons. The fourth-order valence-electron chi connectivity index (χ4n) is 1.78. The van der Waals surface area contributed by atoms with Crippen LogP contribution in [0.15, 0.2) is 30.3 Å². The summed E-state index contributed by atoms with van der Waals surface area (Å²) >= 11 is 7.26. The molecule has 0 aliphatic heterocycles. The zero-order valence-corrected chi connectivity index (χ0v) is 12.3. The van der Waals surface area contributed by atoms with Crippen molar-refractivity contribution in [3.63, 3.8) is 0 Å². The van der Waals surface area contributed by atoms with Crippen LogP contribution in [-0.2, 0) is 6.42 Å². The number of carboxylic acid groups (broad SMARTS) is 1. The number of carboxylic acids is 1. The highest BCUT2D eigenvalue weighted by Gasteiger charge is 2.16. The Morgan fingerprint density at radius 2 is 2.14 bits per heavy atom. The van der Waals surface area contributed by atoms with Gasteiger partial charge in [-0.15, -0.1) is 11.3 Å². The van der Waals surface area contributed by atoms with Gasteiger partial charge in [-0.25, -0.2) is 4.79 Å². The Hall–Kier alpha value is -2.12. The van der Waals surface area contributed by atoms with E-state index in [-0.39, 0.29) is 16.9 Å². The van der Waals surface area contributed by atoms with E-state index in [1.165, 1.54) is 29.5 Å². The number of aromatic carboxylic acids is 1. The molecule has 0 saturated carbocycles. The van der Waals surface area contributed by atoms with E-state index in [9.17, 15) is 14.9 Å². The molecule has 2 N–H and O–H groups in total. The number of carbonyl (C=O) groups is 1. The summed E-state index contributed by atoms with van der Waals surface area (Å²) < 4.78 is 0.684. The van der Waals surface area contributed by atoms with Gasteiger partial charge in [-0.05, 0) is 30.7 Å². The lowest BCUT2D eigenvalue weighted by atomic mass is 10.1. The van der Waals surface area contributed by atoms with Crippen LogP contribution in [-0.4, -0.2) is 22.5 Å². The third kappa shape index (κ3) is 3.93. The first-order valence-electron chi connectivity index (χ1n) is 5.97. The molecule has 0 fully saturated rings. The summed E-state index contributed by atoms with van der Waals surface area (Å²) in [6, 6.07) is 7.34. The number of halogens is 1. The number of hydrogen-bond acceptors (Lipinski definition) is 5. The van der Waals surface area contributed by atoms with E-state index in [1.54, 1.807) is 6.07 Å². The van der Waals surface area contributed by atoms with Crippen molar-refractivity contribution >= 4 is 40.3 Å². The van der Waals surface area contributed by atoms with Crippen LogP contribution in [0, 0.1) is 10.1 Å². The number of anilines is 1. The largest absolute Gasteiger partial charge is 0.478 e. The van der Waals surface area contributed by atoms with E-state index in [0.717, 1.165) is 4.88 Å². The Morgan fingerprint density at radius 1 is 1.38 bits per heavy atom. The average Bonchev–Trinajstić information content (AvgIpc) is 2.84. The van der Waals surface area contributed by atoms with Crippen LogP contribution in [0.2, 0.25) is 4.34 Å². The van der Waals surface area contributed by atoms with Crippen molar-refractivity contribution in [2.75, 3.05) is 11.9 Å². The van der Waals surface area contributed by atoms with Crippen molar-refractivity contribution < 1.29 is 14.8 Å². The smallest absolute Gasteiger partial charge is 0.335 e. The molecule has 2 aromatic rings. The van der Waals surface area contributed by atoms with Crippen molar-refractivity contribution in [3.8, 4) is 0 Å². The van der Waals surface area contributed by atoms with E-state index >= 15 is 0 Å². The first kappa shape index (κ1) is 15.3. The van der Waals surface area contributed by atoms with Gasteiger partial charge in [0, 0.05) is 17.5 Å². The summed E-state index contributed by atoms with van der Waals surface area (Å²) in [4.78, 5) is 22.4. The molecule has 0 aliphatic carbocycles. The molecule has 0 unspecified atom stereocenters. The predicted octanol–water partition coefficient (Wildman–Crippen LogP) is 3.66. The lowest BCUT2D eigenvalue weighted by molar-refractivity contribution is -0.384. The molecule has 1 aromatic heterocycles. The number of thiophene rings is 1. The molecule has 8 heteroatoms. The van der Waals surface area contributed by atoms with Crippen LogP contribution in [0.5, 0.6) is 0 Å². The Balaban J connectivity index is 2.11. The van der Waals surface area contributed by atoms with Gasteiger partial charge in [0.2, 0.25) is 0 Å². The molecule has 1 heterocycles. The van der Waals surface area contributed by atoms with Gasteiger partial charge >= 0.3 is 5.97 Å². The lowest BCUT2D eigenvalue weighted by Crippen LogP contribution is -2.08. The normalized spacial score (nSPS) is 10.3. The maximum absolute atomic E-state index is 10.9. The van der Waals surface area contributed by atoms with Crippen molar-refractivity contribution in [2.45, 2.75) is 6.42 Å². The average molecular weight is 327 g/mol. The highest BCUT2D eigenvalue weighted by atomic mass is 35.5. The predicted molar refractivity (Wildman–Crippen MR) is 81.6 cm³/mol. The van der Waals surface area contributed by atoms with Gasteiger partial charge in [0.05, 0.1) is 14.8 Å². The molecule has 0 saturated heterocycles. The molecule has 0 bridgehead atoms. The molecule has 110 valence electrons. The van der Waals surface area contributed by atoms with E-state index < -0.39 is 10.9 Å². The molecule has 0 aliphatic rings. The van der Waals surface area contributed by atoms with Crippen molar-refractivity contribution in [1.29, 1.82) is 0 Å². The van der Waals surface area contributed by atoms with Crippen LogP contribution in [0.1, 0.15) is 15.2 Å². The first-order valence-corrected chi connectivity index (χ1v) is 7.16. The van der Waals surface area contributed by atoms with Crippen molar-refractivity contribution in [1.82, 2.24) is 0 Å². The zero-order valence-electron chi connectivity index (χ0n) is 10.7. The Bertz CT molecular complexity index is 687. The molecule has 1 aromatic carbocycles. The van der Waals surface area contributed by atoms with Gasteiger partial charge in [-0.2, -0.15) is 0 Å². The molecule has 0 amide bonds. The Labute approximate surface area is 129 Å². The molecule has 2 rings (SSSR count). The zero-order chi connectivity index (χ0) is 15.4. The van der Waals surface area contributed by atoms with Gasteiger partial charge in [-0.1, -0.05) is 11.6 Å². The second-order valence-corrected chi connectivity index (χ2v) is 5.98. The van der Waals surface area contributed by atoms with Crippen LogP contribution < -0.4 is 5.32 Å². The molecule has 0 atom stereocenters. The van der Waals surface area contributed by atoms with Crippen molar-refractivity contribution in [3.05, 3.63) is 55.2 Å². The Kier molecular flexibility index (Phi) is 4.77. The van der Waals surface area contributed by atoms with E-state index in [1.807, 2.05) is 6.07 Å². The highest BCUT2D eigenvalue weighted by molar-refractivity contribution is 7.16. The summed E-state index contributed by atoms with van der Waals surface area (Å²) in [7, 11) is 0. The number of rotatable bonds is 6. The number of nitro groups is 1. The minimum Gasteiger partial charge on any atom is -0.478 e. The molecular formula is C13H11ClN2O4S. The molecular weight excluding hydrogens is 316 g/mol. The van der Waals surface area contributed by atoms with Gasteiger partial charge in [0.25, 0.3) is 5.69 Å². The Morgan fingerprint density at radius 3 is 2.71 bits per heavy atom. The maximum Gasteiger partial charge on any atom is 0.335 e. The summed E-state index contributed by atoms with van der Waals surface area (Å²) in [5, 5.41) is 22.8. The number of nitrogens with zero attached hydrogens (tertiary/aromatic N) is 1. The second-order valence-electron chi connectivity index (χ2n) is 4.18. The van der Waals surface area contributed by atoms with Gasteiger partial charge in [0.1, 0.15) is 5.69 Å². The lowest BCUT2D eigenvalue weighted by Gasteiger charge is -2.07. The van der Waals surface area contributed by atoms with Gasteiger partial charge in [0.15, 0.2) is 0 Å².